The minimum Gasteiger partial charge on any atom is -0.497 e. The molecule has 5 heteroatoms. The first-order chi connectivity index (χ1) is 15.1. The van der Waals surface area contributed by atoms with Crippen molar-refractivity contribution in [2.45, 2.75) is 90.8 Å². The molecule has 0 spiro atoms. The maximum Gasteiger partial charge on any atom is 0.220 e. The van der Waals surface area contributed by atoms with Crippen LogP contribution in [0.1, 0.15) is 73.3 Å². The lowest BCUT2D eigenvalue weighted by atomic mass is 10.0. The number of benzene rings is 1. The van der Waals surface area contributed by atoms with E-state index in [2.05, 4.69) is 65.2 Å². The summed E-state index contributed by atoms with van der Waals surface area (Å²) in [6, 6.07) is 5.81. The predicted octanol–water partition coefficient (Wildman–Crippen LogP) is 6.39. The van der Waals surface area contributed by atoms with Crippen molar-refractivity contribution < 1.29 is 14.3 Å². The molecule has 0 bridgehead atoms. The van der Waals surface area contributed by atoms with E-state index in [1.54, 1.807) is 14.2 Å². The Kier molecular flexibility index (Phi) is 11.9. The average molecular weight is 460 g/mol. The number of methoxy groups -OCH3 is 2. The van der Waals surface area contributed by atoms with Gasteiger partial charge in [-0.05, 0) is 53.6 Å². The Morgan fingerprint density at radius 3 is 1.94 bits per heavy atom. The van der Waals surface area contributed by atoms with Crippen molar-refractivity contribution in [3.63, 3.8) is 0 Å². The molecule has 0 unspecified atom stereocenters. The molecule has 1 rings (SSSR count). The summed E-state index contributed by atoms with van der Waals surface area (Å²) in [5.41, 5.74) is 6.80. The number of rotatable bonds is 12. The summed E-state index contributed by atoms with van der Waals surface area (Å²) >= 11 is 0. The standard InChI is InChI=1S/C27H45NO3Si/c1-10-23(14-16-32(20(2)3,21(4)5)22(6)7)11-12-27(29)28-15-13-24-17-25(30-8)19-26(18-24)31-9/h17-23H,10-13,15H2,1-9H3,(H,28,29)/t23-/m0/s1. The molecule has 0 aliphatic carbocycles. The van der Waals surface area contributed by atoms with Gasteiger partial charge in [0.15, 0.2) is 0 Å². The molecule has 180 valence electrons. The lowest BCUT2D eigenvalue weighted by Crippen LogP contribution is -2.43. The van der Waals surface area contributed by atoms with Crippen molar-refractivity contribution in [3.8, 4) is 23.0 Å². The predicted molar refractivity (Wildman–Crippen MR) is 138 cm³/mol. The van der Waals surface area contributed by atoms with Gasteiger partial charge < -0.3 is 14.8 Å². The molecule has 0 heterocycles. The van der Waals surface area contributed by atoms with Gasteiger partial charge in [-0.3, -0.25) is 4.79 Å². The summed E-state index contributed by atoms with van der Waals surface area (Å²) in [5.74, 6) is 5.53. The summed E-state index contributed by atoms with van der Waals surface area (Å²) in [5, 5.41) is 3.05. The van der Waals surface area contributed by atoms with Crippen LogP contribution in [-0.2, 0) is 11.2 Å². The van der Waals surface area contributed by atoms with Crippen LogP contribution in [0.4, 0.5) is 0 Å². The van der Waals surface area contributed by atoms with Crippen LogP contribution in [-0.4, -0.2) is 34.7 Å². The Bertz CT molecular complexity index is 733. The smallest absolute Gasteiger partial charge is 0.220 e. The molecule has 1 N–H and O–H groups in total. The summed E-state index contributed by atoms with van der Waals surface area (Å²) in [6.45, 7) is 16.8. The summed E-state index contributed by atoms with van der Waals surface area (Å²) in [4.78, 5) is 12.4. The molecule has 32 heavy (non-hydrogen) atoms. The third-order valence-electron chi connectivity index (χ3n) is 6.72. The molecule has 1 aromatic carbocycles. The fourth-order valence-corrected chi connectivity index (χ4v) is 10.1. The first kappa shape index (κ1) is 28.1. The van der Waals surface area contributed by atoms with E-state index < -0.39 is 8.07 Å². The Labute approximate surface area is 197 Å². The van der Waals surface area contributed by atoms with E-state index in [1.807, 2.05) is 18.2 Å². The minimum absolute atomic E-state index is 0.0974. The Balaban J connectivity index is 2.65. The molecule has 0 radical (unpaired) electrons. The summed E-state index contributed by atoms with van der Waals surface area (Å²) < 4.78 is 10.6. The van der Waals surface area contributed by atoms with Crippen LogP contribution in [0.3, 0.4) is 0 Å². The highest BCUT2D eigenvalue weighted by molar-refractivity contribution is 6.90. The number of nitrogens with one attached hydrogen (secondary N) is 1. The van der Waals surface area contributed by atoms with Crippen LogP contribution in [0, 0.1) is 17.4 Å². The number of hydrogen-bond acceptors (Lipinski definition) is 3. The molecule has 1 aromatic rings. The van der Waals surface area contributed by atoms with Crippen LogP contribution >= 0.6 is 0 Å². The van der Waals surface area contributed by atoms with Gasteiger partial charge in [0.25, 0.3) is 0 Å². The van der Waals surface area contributed by atoms with Crippen LogP contribution in [0.5, 0.6) is 11.5 Å². The fraction of sp³-hybridized carbons (Fsp3) is 0.667. The molecule has 4 nitrogen and oxygen atoms in total. The molecule has 0 aliphatic heterocycles. The number of carbonyl (C=O) groups is 1. The number of ether oxygens (including phenoxy) is 2. The molecule has 1 atom stereocenters. The molecule has 0 aliphatic rings. The highest BCUT2D eigenvalue weighted by Crippen LogP contribution is 2.40. The van der Waals surface area contributed by atoms with Crippen LogP contribution in [0.25, 0.3) is 0 Å². The van der Waals surface area contributed by atoms with Crippen molar-refractivity contribution in [1.82, 2.24) is 5.32 Å². The van der Waals surface area contributed by atoms with Gasteiger partial charge in [-0.2, -0.15) is 0 Å². The number of carbonyl (C=O) groups excluding carboxylic acids is 1. The zero-order chi connectivity index (χ0) is 24.3. The quantitative estimate of drug-likeness (QED) is 0.291. The molecule has 0 aromatic heterocycles. The van der Waals surface area contributed by atoms with E-state index in [1.165, 1.54) is 0 Å². The van der Waals surface area contributed by atoms with Gasteiger partial charge in [-0.15, -0.1) is 11.5 Å². The van der Waals surface area contributed by atoms with Gasteiger partial charge in [0.05, 0.1) is 14.2 Å². The van der Waals surface area contributed by atoms with Crippen LogP contribution < -0.4 is 14.8 Å². The second-order valence-corrected chi connectivity index (χ2v) is 15.2. The van der Waals surface area contributed by atoms with Crippen molar-refractivity contribution in [2.75, 3.05) is 20.8 Å². The lowest BCUT2D eigenvalue weighted by Gasteiger charge is -2.38. The van der Waals surface area contributed by atoms with Gasteiger partial charge in [-0.25, -0.2) is 0 Å². The average Bonchev–Trinajstić information content (AvgIpc) is 2.75. The molecule has 0 saturated carbocycles. The number of hydrogen-bond donors (Lipinski definition) is 1. The zero-order valence-corrected chi connectivity index (χ0v) is 22.8. The lowest BCUT2D eigenvalue weighted by molar-refractivity contribution is -0.121. The minimum atomic E-state index is -1.72. The van der Waals surface area contributed by atoms with Crippen molar-refractivity contribution in [1.29, 1.82) is 0 Å². The van der Waals surface area contributed by atoms with Gasteiger partial charge in [-0.1, -0.05) is 48.5 Å². The van der Waals surface area contributed by atoms with Crippen molar-refractivity contribution in [2.24, 2.45) is 5.92 Å². The maximum atomic E-state index is 12.4. The Hall–Kier alpha value is -1.93. The van der Waals surface area contributed by atoms with E-state index in [0.29, 0.717) is 29.6 Å². The molecule has 1 amide bonds. The third kappa shape index (κ3) is 7.88. The SMILES string of the molecule is CC[C@H](C#C[Si](C(C)C)(C(C)C)C(C)C)CCC(=O)NCCc1cc(OC)cc(OC)c1. The highest BCUT2D eigenvalue weighted by atomic mass is 28.3. The fourth-order valence-electron chi connectivity index (χ4n) is 4.79. The second kappa shape index (κ2) is 13.6. The van der Waals surface area contributed by atoms with E-state index in [4.69, 9.17) is 9.47 Å². The Morgan fingerprint density at radius 1 is 0.969 bits per heavy atom. The first-order valence-electron chi connectivity index (χ1n) is 12.1. The van der Waals surface area contributed by atoms with Gasteiger partial charge in [0.1, 0.15) is 19.6 Å². The van der Waals surface area contributed by atoms with Crippen molar-refractivity contribution in [3.05, 3.63) is 23.8 Å². The molecule has 0 fully saturated rings. The highest BCUT2D eigenvalue weighted by Gasteiger charge is 2.41. The molecular formula is C27H45NO3Si. The summed E-state index contributed by atoms with van der Waals surface area (Å²) in [6.07, 6.45) is 3.07. The first-order valence-corrected chi connectivity index (χ1v) is 14.3. The molecule has 0 saturated heterocycles. The summed E-state index contributed by atoms with van der Waals surface area (Å²) in [7, 11) is 1.57. The van der Waals surface area contributed by atoms with E-state index in [-0.39, 0.29) is 11.8 Å². The topological polar surface area (TPSA) is 47.6 Å². The monoisotopic (exact) mass is 459 g/mol. The normalized spacial score (nSPS) is 12.5. The van der Waals surface area contributed by atoms with Gasteiger partial charge >= 0.3 is 0 Å². The number of amides is 1. The Morgan fingerprint density at radius 2 is 1.50 bits per heavy atom. The van der Waals surface area contributed by atoms with Crippen molar-refractivity contribution >= 4 is 14.0 Å². The van der Waals surface area contributed by atoms with Crippen LogP contribution in [0.15, 0.2) is 18.2 Å². The van der Waals surface area contributed by atoms with Crippen LogP contribution in [0.2, 0.25) is 16.6 Å². The third-order valence-corrected chi connectivity index (χ3v) is 13.0. The largest absolute Gasteiger partial charge is 0.497 e. The maximum absolute atomic E-state index is 12.4. The van der Waals surface area contributed by atoms with E-state index in [0.717, 1.165) is 36.3 Å². The second-order valence-electron chi connectivity index (χ2n) is 9.63. The zero-order valence-electron chi connectivity index (χ0n) is 21.8. The van der Waals surface area contributed by atoms with Gasteiger partial charge in [0.2, 0.25) is 5.91 Å². The van der Waals surface area contributed by atoms with Gasteiger partial charge in [0, 0.05) is 24.9 Å². The van der Waals surface area contributed by atoms with E-state index >= 15 is 0 Å². The van der Waals surface area contributed by atoms with E-state index in [9.17, 15) is 4.79 Å². The molecular weight excluding hydrogens is 414 g/mol.